The summed E-state index contributed by atoms with van der Waals surface area (Å²) in [5.74, 6) is 0.795. The summed E-state index contributed by atoms with van der Waals surface area (Å²) in [6, 6.07) is 3.62. The summed E-state index contributed by atoms with van der Waals surface area (Å²) in [6.07, 6.45) is 1.84. The van der Waals surface area contributed by atoms with E-state index in [0.29, 0.717) is 6.54 Å². The molecule has 0 aliphatic carbocycles. The van der Waals surface area contributed by atoms with Crippen LogP contribution in [0.25, 0.3) is 0 Å². The standard InChI is InChI=1S/C13H17F2NS/c1-3-8-17-9-7-16-10(2)13-11(14)5-4-6-12(13)15/h3-6,10,16H,1,7-9H2,2H3. The highest BCUT2D eigenvalue weighted by Crippen LogP contribution is 2.20. The highest BCUT2D eigenvalue weighted by molar-refractivity contribution is 7.99. The summed E-state index contributed by atoms with van der Waals surface area (Å²) < 4.78 is 26.9. The summed E-state index contributed by atoms with van der Waals surface area (Å²) >= 11 is 1.73. The Kier molecular flexibility index (Phi) is 6.22. The third-order valence-electron chi connectivity index (χ3n) is 2.37. The summed E-state index contributed by atoms with van der Waals surface area (Å²) in [5.41, 5.74) is 0.112. The van der Waals surface area contributed by atoms with Gasteiger partial charge >= 0.3 is 0 Å². The van der Waals surface area contributed by atoms with Crippen molar-refractivity contribution in [3.8, 4) is 0 Å². The van der Waals surface area contributed by atoms with E-state index in [1.165, 1.54) is 18.2 Å². The molecule has 0 aliphatic heterocycles. The third-order valence-corrected chi connectivity index (χ3v) is 3.33. The normalized spacial score (nSPS) is 12.4. The van der Waals surface area contributed by atoms with Crippen LogP contribution in [0.1, 0.15) is 18.5 Å². The van der Waals surface area contributed by atoms with Crippen molar-refractivity contribution in [2.75, 3.05) is 18.1 Å². The lowest BCUT2D eigenvalue weighted by Gasteiger charge is -2.15. The molecule has 4 heteroatoms. The van der Waals surface area contributed by atoms with E-state index in [4.69, 9.17) is 0 Å². The fourth-order valence-corrected chi connectivity index (χ4v) is 2.14. The predicted molar refractivity (Wildman–Crippen MR) is 70.3 cm³/mol. The molecule has 17 heavy (non-hydrogen) atoms. The van der Waals surface area contributed by atoms with Gasteiger partial charge in [-0.05, 0) is 19.1 Å². The summed E-state index contributed by atoms with van der Waals surface area (Å²) in [4.78, 5) is 0. The number of hydrogen-bond donors (Lipinski definition) is 1. The van der Waals surface area contributed by atoms with Crippen molar-refractivity contribution in [1.82, 2.24) is 5.32 Å². The smallest absolute Gasteiger partial charge is 0.130 e. The van der Waals surface area contributed by atoms with Crippen molar-refractivity contribution in [3.63, 3.8) is 0 Å². The van der Waals surface area contributed by atoms with E-state index in [9.17, 15) is 8.78 Å². The number of thioether (sulfide) groups is 1. The van der Waals surface area contributed by atoms with E-state index in [2.05, 4.69) is 11.9 Å². The van der Waals surface area contributed by atoms with Gasteiger partial charge < -0.3 is 5.32 Å². The van der Waals surface area contributed by atoms with Gasteiger partial charge in [-0.2, -0.15) is 11.8 Å². The van der Waals surface area contributed by atoms with Crippen LogP contribution in [0.5, 0.6) is 0 Å². The summed E-state index contributed by atoms with van der Waals surface area (Å²) in [7, 11) is 0. The molecule has 0 fully saturated rings. The molecule has 0 aromatic heterocycles. The average Bonchev–Trinajstić information content (AvgIpc) is 2.28. The molecule has 0 saturated carbocycles. The van der Waals surface area contributed by atoms with E-state index >= 15 is 0 Å². The average molecular weight is 257 g/mol. The maximum atomic E-state index is 13.4. The second-order valence-corrected chi connectivity index (χ2v) is 4.82. The third kappa shape index (κ3) is 4.48. The topological polar surface area (TPSA) is 12.0 Å². The molecule has 0 saturated heterocycles. The van der Waals surface area contributed by atoms with Gasteiger partial charge in [-0.25, -0.2) is 8.78 Å². The zero-order chi connectivity index (χ0) is 12.7. The van der Waals surface area contributed by atoms with Gasteiger partial charge in [0.05, 0.1) is 0 Å². The largest absolute Gasteiger partial charge is 0.309 e. The Labute approximate surface area is 105 Å². The molecule has 1 nitrogen and oxygen atoms in total. The lowest BCUT2D eigenvalue weighted by atomic mass is 10.1. The van der Waals surface area contributed by atoms with Crippen LogP contribution < -0.4 is 5.32 Å². The fourth-order valence-electron chi connectivity index (χ4n) is 1.54. The molecule has 0 spiro atoms. The first-order chi connectivity index (χ1) is 8.16. The van der Waals surface area contributed by atoms with Gasteiger partial charge in [0.2, 0.25) is 0 Å². The first-order valence-corrected chi connectivity index (χ1v) is 6.68. The van der Waals surface area contributed by atoms with Crippen LogP contribution in [0, 0.1) is 11.6 Å². The molecule has 0 bridgehead atoms. The Morgan fingerprint density at radius 3 is 2.65 bits per heavy atom. The molecular weight excluding hydrogens is 240 g/mol. The van der Waals surface area contributed by atoms with Gasteiger partial charge in [-0.1, -0.05) is 12.1 Å². The lowest BCUT2D eigenvalue weighted by molar-refractivity contribution is 0.497. The maximum absolute atomic E-state index is 13.4. The van der Waals surface area contributed by atoms with E-state index in [1.54, 1.807) is 18.7 Å². The number of halogens is 2. The van der Waals surface area contributed by atoms with E-state index in [-0.39, 0.29) is 11.6 Å². The van der Waals surface area contributed by atoms with Gasteiger partial charge in [-0.15, -0.1) is 6.58 Å². The zero-order valence-electron chi connectivity index (χ0n) is 9.88. The molecule has 1 N–H and O–H groups in total. The van der Waals surface area contributed by atoms with Crippen molar-refractivity contribution in [1.29, 1.82) is 0 Å². The van der Waals surface area contributed by atoms with E-state index in [1.807, 2.05) is 6.08 Å². The number of benzene rings is 1. The number of rotatable bonds is 7. The molecule has 1 aromatic carbocycles. The monoisotopic (exact) mass is 257 g/mol. The van der Waals surface area contributed by atoms with Gasteiger partial charge in [-0.3, -0.25) is 0 Å². The van der Waals surface area contributed by atoms with Gasteiger partial charge in [0.15, 0.2) is 0 Å². The van der Waals surface area contributed by atoms with Crippen molar-refractivity contribution in [2.24, 2.45) is 0 Å². The Morgan fingerprint density at radius 1 is 1.41 bits per heavy atom. The minimum atomic E-state index is -0.497. The maximum Gasteiger partial charge on any atom is 0.130 e. The molecular formula is C13H17F2NS. The van der Waals surface area contributed by atoms with Gasteiger partial charge in [0.1, 0.15) is 11.6 Å². The molecule has 94 valence electrons. The highest BCUT2D eigenvalue weighted by atomic mass is 32.2. The zero-order valence-corrected chi connectivity index (χ0v) is 10.7. The highest BCUT2D eigenvalue weighted by Gasteiger charge is 2.14. The van der Waals surface area contributed by atoms with Crippen molar-refractivity contribution in [2.45, 2.75) is 13.0 Å². The van der Waals surface area contributed by atoms with Crippen LogP contribution in [-0.2, 0) is 0 Å². The van der Waals surface area contributed by atoms with Crippen LogP contribution in [0.4, 0.5) is 8.78 Å². The Morgan fingerprint density at radius 2 is 2.06 bits per heavy atom. The Bertz CT molecular complexity index is 348. The van der Waals surface area contributed by atoms with Crippen molar-refractivity contribution in [3.05, 3.63) is 48.1 Å². The minimum Gasteiger partial charge on any atom is -0.309 e. The van der Waals surface area contributed by atoms with Crippen LogP contribution in [0.2, 0.25) is 0 Å². The van der Waals surface area contributed by atoms with Gasteiger partial charge in [0.25, 0.3) is 0 Å². The molecule has 1 rings (SSSR count). The SMILES string of the molecule is C=CCSCCNC(C)c1c(F)cccc1F. The molecule has 1 atom stereocenters. The quantitative estimate of drug-likeness (QED) is 0.592. The first kappa shape index (κ1) is 14.2. The number of nitrogens with one attached hydrogen (secondary N) is 1. The second-order valence-electron chi connectivity index (χ2n) is 3.67. The summed E-state index contributed by atoms with van der Waals surface area (Å²) in [6.45, 7) is 6.10. The van der Waals surface area contributed by atoms with Crippen LogP contribution in [-0.4, -0.2) is 18.1 Å². The van der Waals surface area contributed by atoms with Crippen LogP contribution in [0.15, 0.2) is 30.9 Å². The minimum absolute atomic E-state index is 0.112. The van der Waals surface area contributed by atoms with Crippen LogP contribution in [0.3, 0.4) is 0 Å². The Hall–Kier alpha value is -0.870. The molecule has 1 aromatic rings. The first-order valence-electron chi connectivity index (χ1n) is 5.52. The molecule has 0 aliphatic rings. The van der Waals surface area contributed by atoms with E-state index in [0.717, 1.165) is 11.5 Å². The molecule has 0 amide bonds. The molecule has 0 heterocycles. The fraction of sp³-hybridized carbons (Fsp3) is 0.385. The summed E-state index contributed by atoms with van der Waals surface area (Å²) in [5, 5.41) is 3.10. The predicted octanol–water partition coefficient (Wildman–Crippen LogP) is 3.53. The van der Waals surface area contributed by atoms with Crippen molar-refractivity contribution >= 4 is 11.8 Å². The lowest BCUT2D eigenvalue weighted by Crippen LogP contribution is -2.23. The van der Waals surface area contributed by atoms with Crippen LogP contribution >= 0.6 is 11.8 Å². The Balaban J connectivity index is 2.46. The van der Waals surface area contributed by atoms with Crippen molar-refractivity contribution < 1.29 is 8.78 Å². The van der Waals surface area contributed by atoms with E-state index < -0.39 is 11.6 Å². The molecule has 0 radical (unpaired) electrons. The molecule has 1 unspecified atom stereocenters. The second kappa shape index (κ2) is 7.45. The number of hydrogen-bond acceptors (Lipinski definition) is 2. The van der Waals surface area contributed by atoms with Gasteiger partial charge in [0, 0.05) is 29.7 Å².